The summed E-state index contributed by atoms with van der Waals surface area (Å²) in [7, 11) is 0. The number of carbonyl (C=O) groups is 1. The Kier molecular flexibility index (Phi) is 8.60. The van der Waals surface area contributed by atoms with Crippen LogP contribution < -0.4 is 4.74 Å². The van der Waals surface area contributed by atoms with Gasteiger partial charge in [0.05, 0.1) is 0 Å². The molecular weight excluding hydrogens is 460 g/mol. The zero-order valence-corrected chi connectivity index (χ0v) is 21.4. The van der Waals surface area contributed by atoms with Crippen molar-refractivity contribution in [3.63, 3.8) is 0 Å². The molecule has 174 valence electrons. The molecule has 0 unspecified atom stereocenters. The van der Waals surface area contributed by atoms with E-state index in [2.05, 4.69) is 32.2 Å². The number of benzene rings is 3. The van der Waals surface area contributed by atoms with E-state index in [0.29, 0.717) is 22.8 Å². The lowest BCUT2D eigenvalue weighted by molar-refractivity contribution is -0.128. The van der Waals surface area contributed by atoms with Gasteiger partial charge in [0.25, 0.3) is 0 Å². The van der Waals surface area contributed by atoms with Crippen molar-refractivity contribution in [1.82, 2.24) is 0 Å². The van der Waals surface area contributed by atoms with Crippen LogP contribution in [0.5, 0.6) is 5.75 Å². The van der Waals surface area contributed by atoms with E-state index in [-0.39, 0.29) is 5.78 Å². The van der Waals surface area contributed by atoms with Crippen molar-refractivity contribution in [3.8, 4) is 5.75 Å². The molecular formula is C30H29ClO2S. The number of thioether (sulfide) groups is 1. The summed E-state index contributed by atoms with van der Waals surface area (Å²) in [4.78, 5) is 15.5. The monoisotopic (exact) mass is 488 g/mol. The Bertz CT molecular complexity index is 1220. The van der Waals surface area contributed by atoms with Gasteiger partial charge in [-0.25, -0.2) is 0 Å². The molecule has 3 aromatic carbocycles. The van der Waals surface area contributed by atoms with Crippen LogP contribution in [-0.4, -0.2) is 11.4 Å². The van der Waals surface area contributed by atoms with Gasteiger partial charge in [0.1, 0.15) is 5.75 Å². The van der Waals surface area contributed by atoms with E-state index >= 15 is 0 Å². The number of ketones is 1. The van der Waals surface area contributed by atoms with Crippen molar-refractivity contribution in [2.75, 3.05) is 0 Å². The molecule has 2 nitrogen and oxygen atoms in total. The molecule has 3 rings (SSSR count). The van der Waals surface area contributed by atoms with Crippen LogP contribution >= 0.6 is 23.4 Å². The number of hydrogen-bond acceptors (Lipinski definition) is 3. The molecule has 0 aliphatic carbocycles. The van der Waals surface area contributed by atoms with Crippen LogP contribution in [0.2, 0.25) is 5.02 Å². The van der Waals surface area contributed by atoms with E-state index in [4.69, 9.17) is 16.3 Å². The number of allylic oxidation sites excluding steroid dienone is 2. The van der Waals surface area contributed by atoms with Crippen molar-refractivity contribution in [3.05, 3.63) is 125 Å². The van der Waals surface area contributed by atoms with E-state index in [1.807, 2.05) is 60.7 Å². The third-order valence-corrected chi connectivity index (χ3v) is 6.90. The van der Waals surface area contributed by atoms with Gasteiger partial charge >= 0.3 is 0 Å². The molecule has 0 aromatic heterocycles. The number of carbonyl (C=O) groups excluding carboxylic acids is 1. The van der Waals surface area contributed by atoms with Gasteiger partial charge in [-0.15, -0.1) is 0 Å². The molecule has 0 heterocycles. The normalized spacial score (nSPS) is 11.7. The van der Waals surface area contributed by atoms with Crippen LogP contribution in [0.4, 0.5) is 0 Å². The number of hydrogen-bond donors (Lipinski definition) is 0. The second-order valence-corrected chi connectivity index (χ2v) is 10.00. The lowest BCUT2D eigenvalue weighted by Crippen LogP contribution is -2.39. The Hall–Kier alpha value is -3.01. The highest BCUT2D eigenvalue weighted by Crippen LogP contribution is 2.35. The van der Waals surface area contributed by atoms with Crippen LogP contribution in [0.1, 0.15) is 30.5 Å². The highest BCUT2D eigenvalue weighted by atomic mass is 35.5. The molecule has 0 saturated heterocycles. The van der Waals surface area contributed by atoms with Gasteiger partial charge in [-0.1, -0.05) is 97.2 Å². The van der Waals surface area contributed by atoms with E-state index in [0.717, 1.165) is 16.0 Å². The Labute approximate surface area is 212 Å². The average Bonchev–Trinajstić information content (AvgIpc) is 2.81. The third-order valence-electron chi connectivity index (χ3n) is 5.37. The molecule has 0 atom stereocenters. The molecule has 0 bridgehead atoms. The highest BCUT2D eigenvalue weighted by molar-refractivity contribution is 8.08. The van der Waals surface area contributed by atoms with Gasteiger partial charge in [-0.05, 0) is 61.7 Å². The van der Waals surface area contributed by atoms with Gasteiger partial charge in [0.15, 0.2) is 5.60 Å². The summed E-state index contributed by atoms with van der Waals surface area (Å²) in [5.74, 6) is 0.502. The standard InChI is InChI=1S/C30H29ClO2S/c1-6-11-25(20-24-13-8-9-14-27(24)31)29(32)30(4,5)33-26-18-16-23(17-19-26)22(3)34-28-15-10-7-12-21(28)2/h6-19H,1,3,20H2,2,4-5H3/b25-11-. The van der Waals surface area contributed by atoms with E-state index < -0.39 is 5.60 Å². The largest absolute Gasteiger partial charge is 0.480 e. The molecule has 0 aliphatic heterocycles. The smallest absolute Gasteiger partial charge is 0.202 e. The van der Waals surface area contributed by atoms with Crippen LogP contribution in [-0.2, 0) is 11.2 Å². The lowest BCUT2D eigenvalue weighted by Gasteiger charge is -2.26. The van der Waals surface area contributed by atoms with Crippen LogP contribution in [0.3, 0.4) is 0 Å². The Balaban J connectivity index is 1.71. The van der Waals surface area contributed by atoms with Crippen molar-refractivity contribution in [2.45, 2.75) is 37.7 Å². The molecule has 0 radical (unpaired) electrons. The number of rotatable bonds is 10. The summed E-state index contributed by atoms with van der Waals surface area (Å²) in [6.07, 6.45) is 3.76. The Morgan fingerprint density at radius 3 is 2.32 bits per heavy atom. The maximum atomic E-state index is 13.4. The predicted octanol–water partition coefficient (Wildman–Crippen LogP) is 8.49. The number of ether oxygens (including phenoxy) is 1. The minimum atomic E-state index is -1.06. The zero-order chi connectivity index (χ0) is 24.7. The summed E-state index contributed by atoms with van der Waals surface area (Å²) in [5, 5.41) is 0.628. The van der Waals surface area contributed by atoms with Crippen LogP contribution in [0, 0.1) is 6.92 Å². The minimum Gasteiger partial charge on any atom is -0.480 e. The second-order valence-electron chi connectivity index (χ2n) is 8.45. The SMILES string of the molecule is C=C/C=C(/Cc1ccccc1Cl)C(=O)C(C)(C)Oc1ccc(C(=C)Sc2ccccc2C)cc1. The maximum absolute atomic E-state index is 13.4. The molecule has 0 fully saturated rings. The van der Waals surface area contributed by atoms with Gasteiger partial charge in [-0.2, -0.15) is 0 Å². The lowest BCUT2D eigenvalue weighted by atomic mass is 9.91. The Morgan fingerprint density at radius 2 is 1.68 bits per heavy atom. The fourth-order valence-corrected chi connectivity index (χ4v) is 4.60. The van der Waals surface area contributed by atoms with Crippen molar-refractivity contribution in [2.24, 2.45) is 0 Å². The molecule has 4 heteroatoms. The number of aryl methyl sites for hydroxylation is 1. The topological polar surface area (TPSA) is 26.3 Å². The second kappa shape index (κ2) is 11.4. The van der Waals surface area contributed by atoms with Gasteiger partial charge < -0.3 is 4.74 Å². The van der Waals surface area contributed by atoms with Gasteiger partial charge in [-0.3, -0.25) is 4.79 Å². The maximum Gasteiger partial charge on any atom is 0.202 e. The molecule has 0 amide bonds. The molecule has 3 aromatic rings. The fraction of sp³-hybridized carbons (Fsp3) is 0.167. The third kappa shape index (κ3) is 6.53. The van der Waals surface area contributed by atoms with Crippen molar-refractivity contribution >= 4 is 34.1 Å². The first kappa shape index (κ1) is 25.6. The van der Waals surface area contributed by atoms with E-state index in [1.165, 1.54) is 10.5 Å². The molecule has 0 aliphatic rings. The fourth-order valence-electron chi connectivity index (χ4n) is 3.50. The summed E-state index contributed by atoms with van der Waals surface area (Å²) in [6, 6.07) is 23.4. The van der Waals surface area contributed by atoms with Crippen LogP contribution in [0.25, 0.3) is 4.91 Å². The first-order chi connectivity index (χ1) is 16.2. The molecule has 0 spiro atoms. The minimum absolute atomic E-state index is 0.115. The van der Waals surface area contributed by atoms with Crippen molar-refractivity contribution < 1.29 is 9.53 Å². The number of halogens is 1. The number of Topliss-reactive ketones (excluding diaryl/α,β-unsaturated/α-hetero) is 1. The van der Waals surface area contributed by atoms with Crippen molar-refractivity contribution in [1.29, 1.82) is 0 Å². The van der Waals surface area contributed by atoms with Gasteiger partial charge in [0.2, 0.25) is 5.78 Å². The van der Waals surface area contributed by atoms with Gasteiger partial charge in [0, 0.05) is 26.8 Å². The first-order valence-corrected chi connectivity index (χ1v) is 12.2. The zero-order valence-electron chi connectivity index (χ0n) is 19.8. The highest BCUT2D eigenvalue weighted by Gasteiger charge is 2.32. The summed E-state index contributed by atoms with van der Waals surface area (Å²) in [6.45, 7) is 13.6. The molecule has 34 heavy (non-hydrogen) atoms. The quantitative estimate of drug-likeness (QED) is 0.162. The first-order valence-electron chi connectivity index (χ1n) is 11.0. The molecule has 0 N–H and O–H groups in total. The summed E-state index contributed by atoms with van der Waals surface area (Å²) in [5.41, 5.74) is 2.64. The summed E-state index contributed by atoms with van der Waals surface area (Å²) < 4.78 is 6.14. The van der Waals surface area contributed by atoms with E-state index in [1.54, 1.807) is 37.8 Å². The Morgan fingerprint density at radius 1 is 1.03 bits per heavy atom. The average molecular weight is 489 g/mol. The van der Waals surface area contributed by atoms with Crippen LogP contribution in [0.15, 0.2) is 109 Å². The summed E-state index contributed by atoms with van der Waals surface area (Å²) >= 11 is 7.95. The predicted molar refractivity (Wildman–Crippen MR) is 146 cm³/mol. The molecule has 0 saturated carbocycles. The van der Waals surface area contributed by atoms with E-state index in [9.17, 15) is 4.79 Å².